The minimum absolute atomic E-state index is 0.320. The van der Waals surface area contributed by atoms with Gasteiger partial charge < -0.3 is 10.1 Å². The molecule has 2 aromatic rings. The quantitative estimate of drug-likeness (QED) is 0.853. The fourth-order valence-electron chi connectivity index (χ4n) is 2.34. The molecule has 0 fully saturated rings. The molecule has 1 aromatic heterocycles. The summed E-state index contributed by atoms with van der Waals surface area (Å²) in [6, 6.07) is 12.5. The Kier molecular flexibility index (Phi) is 5.34. The molecule has 1 N–H and O–H groups in total. The van der Waals surface area contributed by atoms with Gasteiger partial charge in [-0.05, 0) is 56.6 Å². The van der Waals surface area contributed by atoms with Gasteiger partial charge in [-0.1, -0.05) is 26.0 Å². The van der Waals surface area contributed by atoms with Crippen LogP contribution in [0.3, 0.4) is 0 Å². The van der Waals surface area contributed by atoms with Gasteiger partial charge in [-0.3, -0.25) is 4.98 Å². The maximum atomic E-state index is 6.03. The monoisotopic (exact) mass is 284 g/mol. The molecule has 0 spiro atoms. The van der Waals surface area contributed by atoms with Crippen LogP contribution in [-0.2, 0) is 6.42 Å². The second-order valence-electron chi connectivity index (χ2n) is 5.20. The van der Waals surface area contributed by atoms with E-state index in [9.17, 15) is 0 Å². The first-order chi connectivity index (χ1) is 10.1. The standard InChI is InChI=1S/C18H24N2O/c1-5-17-18(11-10-13(3)20-17)21-16-9-7-8-15(12-16)14(4)19-6-2/h7-12,14,19H,5-6H2,1-4H3. The Labute approximate surface area is 127 Å². The molecule has 0 saturated heterocycles. The van der Waals surface area contributed by atoms with E-state index in [0.717, 1.165) is 35.9 Å². The Hall–Kier alpha value is -1.87. The lowest BCUT2D eigenvalue weighted by atomic mass is 10.1. The smallest absolute Gasteiger partial charge is 0.148 e. The number of nitrogens with zero attached hydrogens (tertiary/aromatic N) is 1. The summed E-state index contributed by atoms with van der Waals surface area (Å²) in [5.41, 5.74) is 3.25. The fraction of sp³-hybridized carbons (Fsp3) is 0.389. The molecule has 0 saturated carbocycles. The summed E-state index contributed by atoms with van der Waals surface area (Å²) in [4.78, 5) is 4.54. The van der Waals surface area contributed by atoms with Gasteiger partial charge in [0.2, 0.25) is 0 Å². The zero-order valence-corrected chi connectivity index (χ0v) is 13.3. The topological polar surface area (TPSA) is 34.1 Å². The number of aryl methyl sites for hydroxylation is 2. The number of nitrogens with one attached hydrogen (secondary N) is 1. The van der Waals surface area contributed by atoms with Gasteiger partial charge in [-0.25, -0.2) is 0 Å². The van der Waals surface area contributed by atoms with Gasteiger partial charge in [0.1, 0.15) is 11.5 Å². The number of aromatic nitrogens is 1. The Bertz CT molecular complexity index is 596. The average molecular weight is 284 g/mol. The third-order valence-electron chi connectivity index (χ3n) is 3.50. The summed E-state index contributed by atoms with van der Waals surface area (Å²) in [5, 5.41) is 3.41. The van der Waals surface area contributed by atoms with Crippen LogP contribution in [0.1, 0.15) is 43.8 Å². The second kappa shape index (κ2) is 7.23. The molecule has 3 nitrogen and oxygen atoms in total. The summed E-state index contributed by atoms with van der Waals surface area (Å²) >= 11 is 0. The van der Waals surface area contributed by atoms with Gasteiger partial charge in [0.25, 0.3) is 0 Å². The average Bonchev–Trinajstić information content (AvgIpc) is 2.49. The van der Waals surface area contributed by atoms with Gasteiger partial charge in [-0.2, -0.15) is 0 Å². The van der Waals surface area contributed by atoms with Crippen LogP contribution in [0.2, 0.25) is 0 Å². The summed E-state index contributed by atoms with van der Waals surface area (Å²) in [6.45, 7) is 9.32. The molecule has 1 aromatic carbocycles. The van der Waals surface area contributed by atoms with Crippen molar-refractivity contribution < 1.29 is 4.74 Å². The highest BCUT2D eigenvalue weighted by Gasteiger charge is 2.08. The van der Waals surface area contributed by atoms with E-state index in [2.05, 4.69) is 43.2 Å². The first kappa shape index (κ1) is 15.5. The predicted molar refractivity (Wildman–Crippen MR) is 87.0 cm³/mol. The molecule has 112 valence electrons. The molecule has 0 aliphatic carbocycles. The first-order valence-electron chi connectivity index (χ1n) is 7.61. The zero-order valence-electron chi connectivity index (χ0n) is 13.3. The zero-order chi connectivity index (χ0) is 15.2. The second-order valence-corrected chi connectivity index (χ2v) is 5.20. The Morgan fingerprint density at radius 2 is 2.00 bits per heavy atom. The van der Waals surface area contributed by atoms with Crippen molar-refractivity contribution in [3.63, 3.8) is 0 Å². The van der Waals surface area contributed by atoms with Gasteiger partial charge in [-0.15, -0.1) is 0 Å². The van der Waals surface area contributed by atoms with E-state index < -0.39 is 0 Å². The molecule has 1 unspecified atom stereocenters. The van der Waals surface area contributed by atoms with Gasteiger partial charge in [0, 0.05) is 11.7 Å². The summed E-state index contributed by atoms with van der Waals surface area (Å²) in [7, 11) is 0. The molecule has 1 heterocycles. The van der Waals surface area contributed by atoms with Crippen LogP contribution in [0.25, 0.3) is 0 Å². The molecular formula is C18H24N2O. The lowest BCUT2D eigenvalue weighted by molar-refractivity contribution is 0.470. The largest absolute Gasteiger partial charge is 0.455 e. The van der Waals surface area contributed by atoms with E-state index in [1.54, 1.807) is 0 Å². The first-order valence-corrected chi connectivity index (χ1v) is 7.61. The molecule has 1 atom stereocenters. The maximum absolute atomic E-state index is 6.03. The molecule has 0 aliphatic heterocycles. The molecule has 0 bridgehead atoms. The maximum Gasteiger partial charge on any atom is 0.148 e. The summed E-state index contributed by atoms with van der Waals surface area (Å²) < 4.78 is 6.03. The fourth-order valence-corrected chi connectivity index (χ4v) is 2.34. The number of rotatable bonds is 6. The van der Waals surface area contributed by atoms with Crippen LogP contribution in [0, 0.1) is 6.92 Å². The van der Waals surface area contributed by atoms with Crippen LogP contribution in [0.5, 0.6) is 11.5 Å². The minimum atomic E-state index is 0.320. The number of hydrogen-bond donors (Lipinski definition) is 1. The van der Waals surface area contributed by atoms with Crippen molar-refractivity contribution in [2.45, 2.75) is 40.2 Å². The summed E-state index contributed by atoms with van der Waals surface area (Å²) in [6.07, 6.45) is 0.866. The van der Waals surface area contributed by atoms with Crippen molar-refractivity contribution in [1.82, 2.24) is 10.3 Å². The molecule has 0 amide bonds. The van der Waals surface area contributed by atoms with Crippen LogP contribution in [-0.4, -0.2) is 11.5 Å². The van der Waals surface area contributed by atoms with E-state index >= 15 is 0 Å². The normalized spacial score (nSPS) is 12.2. The molecular weight excluding hydrogens is 260 g/mol. The number of benzene rings is 1. The Balaban J connectivity index is 2.22. The van der Waals surface area contributed by atoms with Crippen molar-refractivity contribution >= 4 is 0 Å². The van der Waals surface area contributed by atoms with Crippen LogP contribution in [0.4, 0.5) is 0 Å². The number of hydrogen-bond acceptors (Lipinski definition) is 3. The van der Waals surface area contributed by atoms with E-state index in [1.807, 2.05) is 31.2 Å². The van der Waals surface area contributed by atoms with E-state index in [4.69, 9.17) is 4.74 Å². The van der Waals surface area contributed by atoms with Crippen molar-refractivity contribution in [3.8, 4) is 11.5 Å². The Morgan fingerprint density at radius 1 is 1.19 bits per heavy atom. The van der Waals surface area contributed by atoms with E-state index in [0.29, 0.717) is 6.04 Å². The molecule has 3 heteroatoms. The van der Waals surface area contributed by atoms with Gasteiger partial charge in [0.05, 0.1) is 5.69 Å². The lowest BCUT2D eigenvalue weighted by Crippen LogP contribution is -2.17. The lowest BCUT2D eigenvalue weighted by Gasteiger charge is -2.15. The van der Waals surface area contributed by atoms with Crippen molar-refractivity contribution in [1.29, 1.82) is 0 Å². The third kappa shape index (κ3) is 4.05. The highest BCUT2D eigenvalue weighted by molar-refractivity contribution is 5.37. The highest BCUT2D eigenvalue weighted by Crippen LogP contribution is 2.27. The minimum Gasteiger partial charge on any atom is -0.455 e. The third-order valence-corrected chi connectivity index (χ3v) is 3.50. The molecule has 21 heavy (non-hydrogen) atoms. The molecule has 0 aliphatic rings. The van der Waals surface area contributed by atoms with Gasteiger partial charge >= 0.3 is 0 Å². The van der Waals surface area contributed by atoms with Crippen molar-refractivity contribution in [2.24, 2.45) is 0 Å². The van der Waals surface area contributed by atoms with Crippen LogP contribution >= 0.6 is 0 Å². The number of ether oxygens (including phenoxy) is 1. The van der Waals surface area contributed by atoms with Crippen molar-refractivity contribution in [2.75, 3.05) is 6.54 Å². The predicted octanol–water partition coefficient (Wildman–Crippen LogP) is 4.42. The van der Waals surface area contributed by atoms with Crippen LogP contribution in [0.15, 0.2) is 36.4 Å². The highest BCUT2D eigenvalue weighted by atomic mass is 16.5. The van der Waals surface area contributed by atoms with Gasteiger partial charge in [0.15, 0.2) is 0 Å². The SMILES string of the molecule is CCNC(C)c1cccc(Oc2ccc(C)nc2CC)c1. The van der Waals surface area contributed by atoms with E-state index in [1.165, 1.54) is 5.56 Å². The summed E-state index contributed by atoms with van der Waals surface area (Å²) in [5.74, 6) is 1.70. The van der Waals surface area contributed by atoms with Crippen LogP contribution < -0.4 is 10.1 Å². The van der Waals surface area contributed by atoms with Crippen molar-refractivity contribution in [3.05, 3.63) is 53.3 Å². The molecule has 2 rings (SSSR count). The van der Waals surface area contributed by atoms with E-state index in [-0.39, 0.29) is 0 Å². The number of pyridine rings is 1. The Morgan fingerprint density at radius 3 is 2.71 bits per heavy atom. The molecule has 0 radical (unpaired) electrons.